The van der Waals surface area contributed by atoms with Crippen molar-refractivity contribution in [1.82, 2.24) is 40.2 Å². The lowest BCUT2D eigenvalue weighted by Gasteiger charge is -2.18. The van der Waals surface area contributed by atoms with E-state index >= 15 is 0 Å². The van der Waals surface area contributed by atoms with Crippen LogP contribution in [-0.2, 0) is 18.3 Å². The van der Waals surface area contributed by atoms with Crippen LogP contribution in [0.5, 0.6) is 0 Å². The maximum atomic E-state index is 12.5. The van der Waals surface area contributed by atoms with Gasteiger partial charge in [0.1, 0.15) is 5.65 Å². The maximum absolute atomic E-state index is 12.5. The number of carbonyl (C=O) groups excluding carboxylic acids is 2. The Hall–Kier alpha value is -4.51. The molecule has 11 nitrogen and oxygen atoms in total. The minimum absolute atomic E-state index is 0.0717. The molecule has 0 unspecified atom stereocenters. The van der Waals surface area contributed by atoms with Crippen LogP contribution in [0, 0.1) is 0 Å². The number of aromatic nitrogens is 6. The van der Waals surface area contributed by atoms with Crippen LogP contribution in [0.2, 0.25) is 5.02 Å². The molecule has 0 bridgehead atoms. The lowest BCUT2D eigenvalue weighted by atomic mass is 10.1. The molecule has 0 aliphatic rings. The Morgan fingerprint density at radius 3 is 2.67 bits per heavy atom. The quantitative estimate of drug-likeness (QED) is 0.286. The van der Waals surface area contributed by atoms with Gasteiger partial charge < -0.3 is 19.6 Å². The van der Waals surface area contributed by atoms with E-state index in [2.05, 4.69) is 30.6 Å². The average molecular weight is 547 g/mol. The summed E-state index contributed by atoms with van der Waals surface area (Å²) < 4.78 is 7.70. The van der Waals surface area contributed by atoms with Gasteiger partial charge in [0.05, 0.1) is 24.7 Å². The highest BCUT2D eigenvalue weighted by molar-refractivity contribution is 6.31. The maximum Gasteiger partial charge on any atom is 0.251 e. The highest BCUT2D eigenvalue weighted by atomic mass is 35.5. The molecule has 0 saturated heterocycles. The van der Waals surface area contributed by atoms with Crippen LogP contribution in [0.1, 0.15) is 35.7 Å². The van der Waals surface area contributed by atoms with Crippen molar-refractivity contribution in [3.8, 4) is 22.6 Å². The van der Waals surface area contributed by atoms with Crippen molar-refractivity contribution in [3.05, 3.63) is 71.1 Å². The number of amides is 2. The first-order chi connectivity index (χ1) is 18.9. The van der Waals surface area contributed by atoms with Crippen molar-refractivity contribution in [1.29, 1.82) is 0 Å². The van der Waals surface area contributed by atoms with Crippen LogP contribution in [-0.4, -0.2) is 66.3 Å². The van der Waals surface area contributed by atoms with Gasteiger partial charge in [-0.2, -0.15) is 5.10 Å². The van der Waals surface area contributed by atoms with Gasteiger partial charge in [-0.25, -0.2) is 4.98 Å². The van der Waals surface area contributed by atoms with Crippen molar-refractivity contribution in [2.45, 2.75) is 20.3 Å². The third kappa shape index (κ3) is 5.53. The minimum Gasteiger partial charge on any atom is -0.420 e. The van der Waals surface area contributed by atoms with E-state index < -0.39 is 0 Å². The molecule has 0 fully saturated rings. The highest BCUT2D eigenvalue weighted by Crippen LogP contribution is 2.31. The summed E-state index contributed by atoms with van der Waals surface area (Å²) in [6, 6.07) is 6.96. The van der Waals surface area contributed by atoms with Gasteiger partial charge in [-0.15, -0.1) is 10.2 Å². The average Bonchev–Trinajstić information content (AvgIpc) is 3.68. The van der Waals surface area contributed by atoms with E-state index in [-0.39, 0.29) is 24.8 Å². The van der Waals surface area contributed by atoms with Crippen LogP contribution in [0.25, 0.3) is 33.6 Å². The fourth-order valence-electron chi connectivity index (χ4n) is 4.28. The lowest BCUT2D eigenvalue weighted by Crippen LogP contribution is -2.40. The van der Waals surface area contributed by atoms with E-state index in [1.54, 1.807) is 46.4 Å². The number of carbonyl (C=O) groups is 2. The Balaban J connectivity index is 1.29. The number of H-pyrrole nitrogens is 1. The molecule has 2 N–H and O–H groups in total. The van der Waals surface area contributed by atoms with Gasteiger partial charge in [0.25, 0.3) is 5.91 Å². The van der Waals surface area contributed by atoms with E-state index in [0.717, 1.165) is 27.6 Å². The summed E-state index contributed by atoms with van der Waals surface area (Å²) in [6.45, 7) is 4.90. The van der Waals surface area contributed by atoms with Crippen LogP contribution in [0.15, 0.2) is 53.5 Å². The third-order valence-electron chi connectivity index (χ3n) is 6.44. The molecular weight excluding hydrogens is 520 g/mol. The number of nitrogens with one attached hydrogen (secondary N) is 2. The summed E-state index contributed by atoms with van der Waals surface area (Å²) in [5, 5.41) is 16.5. The first-order valence-corrected chi connectivity index (χ1v) is 12.9. The van der Waals surface area contributed by atoms with Gasteiger partial charge in [0.2, 0.25) is 17.7 Å². The first-order valence-electron chi connectivity index (χ1n) is 12.5. The fraction of sp³-hybridized carbons (Fsp3) is 0.259. The van der Waals surface area contributed by atoms with Crippen molar-refractivity contribution >= 4 is 34.4 Å². The van der Waals surface area contributed by atoms with Crippen LogP contribution in [0.4, 0.5) is 0 Å². The molecule has 0 radical (unpaired) electrons. The Morgan fingerprint density at radius 2 is 1.95 bits per heavy atom. The molecule has 4 aromatic heterocycles. The normalized spacial score (nSPS) is 11.2. The van der Waals surface area contributed by atoms with Crippen molar-refractivity contribution in [3.63, 3.8) is 0 Å². The number of hydrogen-bond acceptors (Lipinski definition) is 7. The molecule has 0 spiro atoms. The molecule has 4 heterocycles. The zero-order valence-electron chi connectivity index (χ0n) is 21.7. The number of halogens is 1. The highest BCUT2D eigenvalue weighted by Gasteiger charge is 2.18. The molecule has 0 aliphatic carbocycles. The number of benzene rings is 1. The molecule has 12 heteroatoms. The number of aromatic amines is 1. The largest absolute Gasteiger partial charge is 0.420 e. The van der Waals surface area contributed by atoms with Gasteiger partial charge in [0.15, 0.2) is 0 Å². The van der Waals surface area contributed by atoms with Crippen molar-refractivity contribution in [2.75, 3.05) is 19.6 Å². The van der Waals surface area contributed by atoms with Crippen LogP contribution in [0.3, 0.4) is 0 Å². The summed E-state index contributed by atoms with van der Waals surface area (Å²) in [6.07, 6.45) is 7.56. The second-order valence-corrected chi connectivity index (χ2v) is 9.37. The van der Waals surface area contributed by atoms with E-state index in [4.69, 9.17) is 16.0 Å². The predicted octanol–water partition coefficient (Wildman–Crippen LogP) is 3.86. The summed E-state index contributed by atoms with van der Waals surface area (Å²) in [5.74, 6) is 0.219. The first kappa shape index (κ1) is 26.1. The number of pyridine rings is 1. The molecule has 2 amide bonds. The van der Waals surface area contributed by atoms with Gasteiger partial charge in [-0.1, -0.05) is 17.7 Å². The van der Waals surface area contributed by atoms with Crippen molar-refractivity contribution < 1.29 is 14.0 Å². The van der Waals surface area contributed by atoms with Crippen LogP contribution >= 0.6 is 11.6 Å². The number of hydrogen-bond donors (Lipinski definition) is 2. The predicted molar refractivity (Wildman–Crippen MR) is 146 cm³/mol. The second kappa shape index (κ2) is 11.1. The minimum atomic E-state index is -0.373. The summed E-state index contributed by atoms with van der Waals surface area (Å²) in [7, 11) is 1.86. The zero-order chi connectivity index (χ0) is 27.5. The molecule has 5 aromatic rings. The number of fused-ring (bicyclic) bond motifs is 1. The zero-order valence-corrected chi connectivity index (χ0v) is 22.5. The number of aryl methyl sites for hydroxylation is 1. The summed E-state index contributed by atoms with van der Waals surface area (Å²) >= 11 is 6.48. The van der Waals surface area contributed by atoms with Gasteiger partial charge in [-0.3, -0.25) is 14.3 Å². The summed E-state index contributed by atoms with van der Waals surface area (Å²) in [5.41, 5.74) is 4.39. The smallest absolute Gasteiger partial charge is 0.251 e. The topological polar surface area (TPSA) is 135 Å². The van der Waals surface area contributed by atoms with Crippen molar-refractivity contribution in [2.24, 2.45) is 7.05 Å². The number of rotatable bonds is 9. The molecular formula is C27H27ClN8O3. The monoisotopic (exact) mass is 546 g/mol. The number of likely N-dealkylation sites (N-methyl/N-ethyl adjacent to an activating group) is 1. The SMILES string of the molecule is CCN(CC)C(=O)CNC(=O)c1ccc(Cc2nnc(-c3c[nH]c4ncc(-c5cnn(C)c5)cc34)o2)c(Cl)c1. The number of nitrogens with zero attached hydrogens (tertiary/aromatic N) is 6. The summed E-state index contributed by atoms with van der Waals surface area (Å²) in [4.78, 5) is 34.0. The Morgan fingerprint density at radius 1 is 1.13 bits per heavy atom. The lowest BCUT2D eigenvalue weighted by molar-refractivity contribution is -0.129. The standard InChI is InChI=1S/C27H27ClN8O3/c1-4-36(5-2)24(37)14-31-26(38)17-7-6-16(22(28)9-17)10-23-33-34-27(39-23)21-13-30-25-20(21)8-18(11-29-25)19-12-32-35(3)15-19/h6-9,11-13,15H,4-5,10,14H2,1-3H3,(H,29,30)(H,31,38). The molecule has 0 saturated carbocycles. The fourth-order valence-corrected chi connectivity index (χ4v) is 4.53. The van der Waals surface area contributed by atoms with E-state index in [0.29, 0.717) is 41.1 Å². The van der Waals surface area contributed by atoms with E-state index in [1.165, 1.54) is 0 Å². The molecule has 0 atom stereocenters. The molecule has 200 valence electrons. The third-order valence-corrected chi connectivity index (χ3v) is 6.79. The van der Waals surface area contributed by atoms with E-state index in [9.17, 15) is 9.59 Å². The van der Waals surface area contributed by atoms with Gasteiger partial charge in [0, 0.05) is 65.8 Å². The van der Waals surface area contributed by atoms with Gasteiger partial charge >= 0.3 is 0 Å². The molecule has 1 aromatic carbocycles. The van der Waals surface area contributed by atoms with Gasteiger partial charge in [-0.05, 0) is 37.6 Å². The Labute approximate surface area is 229 Å². The molecule has 0 aliphatic heterocycles. The Bertz CT molecular complexity index is 1650. The second-order valence-electron chi connectivity index (χ2n) is 8.96. The van der Waals surface area contributed by atoms with Crippen LogP contribution < -0.4 is 5.32 Å². The Kier molecular flexibility index (Phi) is 7.42. The molecule has 5 rings (SSSR count). The van der Waals surface area contributed by atoms with E-state index in [1.807, 2.05) is 33.2 Å². The molecule has 39 heavy (non-hydrogen) atoms.